The maximum Gasteiger partial charge on any atom is 0.409 e. The van der Waals surface area contributed by atoms with Gasteiger partial charge in [0.2, 0.25) is 0 Å². The Bertz CT molecular complexity index is 488. The molecule has 2 N–H and O–H groups in total. The number of nitrogen functional groups attached to an aromatic ring is 1. The number of anilines is 2. The van der Waals surface area contributed by atoms with Crippen LogP contribution in [0.2, 0.25) is 5.02 Å². The van der Waals surface area contributed by atoms with E-state index in [9.17, 15) is 4.79 Å². The SMILES string of the molecule is CCCCOC(=O)N1CCN(c2ccc(N)c(Cl)c2)CC1. The number of ether oxygens (including phenoxy) is 1. The van der Waals surface area contributed by atoms with Gasteiger partial charge in [0.05, 0.1) is 17.3 Å². The molecule has 1 aromatic rings. The lowest BCUT2D eigenvalue weighted by Crippen LogP contribution is -2.49. The van der Waals surface area contributed by atoms with Crippen LogP contribution in [0.1, 0.15) is 19.8 Å². The van der Waals surface area contributed by atoms with Crippen molar-refractivity contribution in [1.82, 2.24) is 4.90 Å². The molecule has 6 heteroatoms. The lowest BCUT2D eigenvalue weighted by Gasteiger charge is -2.35. The number of nitrogens with zero attached hydrogens (tertiary/aromatic N) is 2. The molecule has 1 aliphatic rings. The Morgan fingerprint density at radius 2 is 2.05 bits per heavy atom. The molecule has 2 rings (SSSR count). The summed E-state index contributed by atoms with van der Waals surface area (Å²) in [5, 5.41) is 0.564. The van der Waals surface area contributed by atoms with Crippen LogP contribution in [0.4, 0.5) is 16.2 Å². The normalized spacial score (nSPS) is 15.1. The first-order chi connectivity index (χ1) is 10.1. The fraction of sp³-hybridized carbons (Fsp3) is 0.533. The number of halogens is 1. The molecule has 0 bridgehead atoms. The van der Waals surface area contributed by atoms with E-state index in [1.807, 2.05) is 18.2 Å². The maximum absolute atomic E-state index is 11.9. The van der Waals surface area contributed by atoms with Gasteiger partial charge in [-0.15, -0.1) is 0 Å². The third-order valence-electron chi connectivity index (χ3n) is 3.61. The summed E-state index contributed by atoms with van der Waals surface area (Å²) >= 11 is 6.05. The van der Waals surface area contributed by atoms with Crippen LogP contribution in [0.25, 0.3) is 0 Å². The standard InChI is InChI=1S/C15H22ClN3O2/c1-2-3-10-21-15(20)19-8-6-18(7-9-19)12-4-5-14(17)13(16)11-12/h4-5,11H,2-3,6-10,17H2,1H3. The smallest absolute Gasteiger partial charge is 0.409 e. The zero-order valence-electron chi connectivity index (χ0n) is 12.3. The predicted octanol–water partition coefficient (Wildman–Crippen LogP) is 2.98. The van der Waals surface area contributed by atoms with Gasteiger partial charge in [0, 0.05) is 31.9 Å². The van der Waals surface area contributed by atoms with Crippen molar-refractivity contribution in [2.75, 3.05) is 43.4 Å². The zero-order valence-corrected chi connectivity index (χ0v) is 13.1. The molecule has 1 fully saturated rings. The minimum atomic E-state index is -0.210. The van der Waals surface area contributed by atoms with Crippen LogP contribution >= 0.6 is 11.6 Å². The summed E-state index contributed by atoms with van der Waals surface area (Å²) in [6, 6.07) is 5.63. The molecular formula is C15H22ClN3O2. The van der Waals surface area contributed by atoms with Gasteiger partial charge in [-0.25, -0.2) is 4.79 Å². The Morgan fingerprint density at radius 1 is 1.33 bits per heavy atom. The van der Waals surface area contributed by atoms with Crippen LogP contribution < -0.4 is 10.6 Å². The van der Waals surface area contributed by atoms with Crippen LogP contribution in [0.3, 0.4) is 0 Å². The van der Waals surface area contributed by atoms with E-state index < -0.39 is 0 Å². The molecule has 0 spiro atoms. The van der Waals surface area contributed by atoms with Crippen molar-refractivity contribution >= 4 is 29.1 Å². The van der Waals surface area contributed by atoms with Gasteiger partial charge in [-0.1, -0.05) is 24.9 Å². The molecule has 1 aromatic carbocycles. The molecule has 0 unspecified atom stereocenters. The van der Waals surface area contributed by atoms with Crippen LogP contribution in [0.5, 0.6) is 0 Å². The highest BCUT2D eigenvalue weighted by Crippen LogP contribution is 2.26. The maximum atomic E-state index is 11.9. The van der Waals surface area contributed by atoms with E-state index in [1.54, 1.807) is 4.90 Å². The molecule has 0 radical (unpaired) electrons. The first kappa shape index (κ1) is 15.8. The highest BCUT2D eigenvalue weighted by molar-refractivity contribution is 6.33. The molecule has 0 atom stereocenters. The quantitative estimate of drug-likeness (QED) is 0.686. The van der Waals surface area contributed by atoms with Gasteiger partial charge < -0.3 is 20.3 Å². The first-order valence-electron chi connectivity index (χ1n) is 7.33. The second kappa shape index (κ2) is 7.41. The molecule has 1 amide bonds. The molecule has 0 aromatic heterocycles. The molecule has 1 saturated heterocycles. The number of unbranched alkanes of at least 4 members (excludes halogenated alkanes) is 1. The average molecular weight is 312 g/mol. The van der Waals surface area contributed by atoms with Crippen molar-refractivity contribution in [3.8, 4) is 0 Å². The highest BCUT2D eigenvalue weighted by Gasteiger charge is 2.22. The Balaban J connectivity index is 1.85. The van der Waals surface area contributed by atoms with Gasteiger partial charge in [0.1, 0.15) is 0 Å². The van der Waals surface area contributed by atoms with E-state index in [2.05, 4.69) is 11.8 Å². The van der Waals surface area contributed by atoms with Gasteiger partial charge in [0.15, 0.2) is 0 Å². The van der Waals surface area contributed by atoms with E-state index in [0.29, 0.717) is 30.4 Å². The van der Waals surface area contributed by atoms with Crippen LogP contribution in [0.15, 0.2) is 18.2 Å². The lowest BCUT2D eigenvalue weighted by molar-refractivity contribution is 0.0989. The van der Waals surface area contributed by atoms with Crippen molar-refractivity contribution in [2.24, 2.45) is 0 Å². The third kappa shape index (κ3) is 4.17. The van der Waals surface area contributed by atoms with Crippen LogP contribution in [-0.2, 0) is 4.74 Å². The summed E-state index contributed by atoms with van der Waals surface area (Å²) in [7, 11) is 0. The Hall–Kier alpha value is -1.62. The number of carbonyl (C=O) groups excluding carboxylic acids is 1. The second-order valence-electron chi connectivity index (χ2n) is 5.15. The van der Waals surface area contributed by atoms with E-state index >= 15 is 0 Å². The van der Waals surface area contributed by atoms with Crippen LogP contribution in [-0.4, -0.2) is 43.8 Å². The Labute approximate surface area is 130 Å². The monoisotopic (exact) mass is 311 g/mol. The van der Waals surface area contributed by atoms with Crippen molar-refractivity contribution < 1.29 is 9.53 Å². The number of benzene rings is 1. The Kier molecular flexibility index (Phi) is 5.56. The second-order valence-corrected chi connectivity index (χ2v) is 5.56. The van der Waals surface area contributed by atoms with E-state index in [1.165, 1.54) is 0 Å². The molecule has 0 saturated carbocycles. The molecule has 116 valence electrons. The number of hydrogen-bond acceptors (Lipinski definition) is 4. The third-order valence-corrected chi connectivity index (χ3v) is 3.94. The van der Waals surface area contributed by atoms with Gasteiger partial charge >= 0.3 is 6.09 Å². The van der Waals surface area contributed by atoms with Gasteiger partial charge in [-0.2, -0.15) is 0 Å². The summed E-state index contributed by atoms with van der Waals surface area (Å²) < 4.78 is 5.23. The predicted molar refractivity (Wildman–Crippen MR) is 85.9 cm³/mol. The highest BCUT2D eigenvalue weighted by atomic mass is 35.5. The summed E-state index contributed by atoms with van der Waals surface area (Å²) in [5.74, 6) is 0. The molecule has 1 aliphatic heterocycles. The minimum absolute atomic E-state index is 0.210. The van der Waals surface area contributed by atoms with Crippen molar-refractivity contribution in [1.29, 1.82) is 0 Å². The van der Waals surface area contributed by atoms with Crippen molar-refractivity contribution in [3.63, 3.8) is 0 Å². The summed E-state index contributed by atoms with van der Waals surface area (Å²) in [4.78, 5) is 15.8. The van der Waals surface area contributed by atoms with E-state index in [0.717, 1.165) is 31.6 Å². The average Bonchev–Trinajstić information content (AvgIpc) is 2.50. The number of piperazine rings is 1. The number of amides is 1. The van der Waals surface area contributed by atoms with Gasteiger partial charge in [-0.05, 0) is 24.6 Å². The van der Waals surface area contributed by atoms with Gasteiger partial charge in [0.25, 0.3) is 0 Å². The van der Waals surface area contributed by atoms with E-state index in [-0.39, 0.29) is 6.09 Å². The van der Waals surface area contributed by atoms with Gasteiger partial charge in [-0.3, -0.25) is 0 Å². The molecular weight excluding hydrogens is 290 g/mol. The number of nitrogens with two attached hydrogens (primary N) is 1. The fourth-order valence-corrected chi connectivity index (χ4v) is 2.43. The zero-order chi connectivity index (χ0) is 15.2. The van der Waals surface area contributed by atoms with E-state index in [4.69, 9.17) is 22.1 Å². The van der Waals surface area contributed by atoms with Crippen LogP contribution in [0, 0.1) is 0 Å². The molecule has 21 heavy (non-hydrogen) atoms. The largest absolute Gasteiger partial charge is 0.449 e. The summed E-state index contributed by atoms with van der Waals surface area (Å²) in [6.45, 7) is 5.43. The summed E-state index contributed by atoms with van der Waals surface area (Å²) in [6.07, 6.45) is 1.73. The molecule has 0 aliphatic carbocycles. The number of rotatable bonds is 4. The molecule has 5 nitrogen and oxygen atoms in total. The summed E-state index contributed by atoms with van der Waals surface area (Å²) in [5.41, 5.74) is 7.34. The number of hydrogen-bond donors (Lipinski definition) is 1. The van der Waals surface area contributed by atoms with Crippen molar-refractivity contribution in [2.45, 2.75) is 19.8 Å². The first-order valence-corrected chi connectivity index (χ1v) is 7.71. The molecule has 1 heterocycles. The number of carbonyl (C=O) groups is 1. The minimum Gasteiger partial charge on any atom is -0.449 e. The topological polar surface area (TPSA) is 58.8 Å². The fourth-order valence-electron chi connectivity index (χ4n) is 2.26. The lowest BCUT2D eigenvalue weighted by atomic mass is 10.2. The van der Waals surface area contributed by atoms with Crippen molar-refractivity contribution in [3.05, 3.63) is 23.2 Å². The Morgan fingerprint density at radius 3 is 2.67 bits per heavy atom.